The van der Waals surface area contributed by atoms with Gasteiger partial charge < -0.3 is 20.9 Å². The van der Waals surface area contributed by atoms with Crippen LogP contribution in [0.1, 0.15) is 24.3 Å². The number of amides is 1. The van der Waals surface area contributed by atoms with Gasteiger partial charge in [0.25, 0.3) is 0 Å². The van der Waals surface area contributed by atoms with E-state index in [-0.39, 0.29) is 12.5 Å². The molecule has 116 valence electrons. The van der Waals surface area contributed by atoms with Gasteiger partial charge in [0.15, 0.2) is 0 Å². The summed E-state index contributed by atoms with van der Waals surface area (Å²) in [6, 6.07) is 8.15. The topological polar surface area (TPSA) is 102 Å². The standard InChI is InChI=1S/C15H22N2O4/c1-21-9-5-8-13(16)14(18)17-10-12(15(19)20)11-6-3-2-4-7-11/h2-4,6-7,12-13H,5,8-10,16H2,1H3,(H,17,18)(H,19,20). The summed E-state index contributed by atoms with van der Waals surface area (Å²) in [5, 5.41) is 11.9. The summed E-state index contributed by atoms with van der Waals surface area (Å²) in [6.45, 7) is 0.568. The Kier molecular flexibility index (Phi) is 7.42. The molecule has 0 aromatic heterocycles. The van der Waals surface area contributed by atoms with E-state index in [9.17, 15) is 14.7 Å². The number of rotatable bonds is 9. The van der Waals surface area contributed by atoms with Crippen molar-refractivity contribution in [1.82, 2.24) is 5.32 Å². The number of hydrogen-bond donors (Lipinski definition) is 3. The molecule has 0 saturated heterocycles. The Morgan fingerprint density at radius 1 is 1.33 bits per heavy atom. The zero-order valence-corrected chi connectivity index (χ0v) is 12.1. The molecule has 0 heterocycles. The average molecular weight is 294 g/mol. The number of ether oxygens (including phenoxy) is 1. The van der Waals surface area contributed by atoms with Gasteiger partial charge in [-0.05, 0) is 18.4 Å². The van der Waals surface area contributed by atoms with Crippen molar-refractivity contribution in [2.75, 3.05) is 20.3 Å². The van der Waals surface area contributed by atoms with E-state index in [1.165, 1.54) is 0 Å². The summed E-state index contributed by atoms with van der Waals surface area (Å²) in [5.74, 6) is -2.09. The Morgan fingerprint density at radius 2 is 2.00 bits per heavy atom. The van der Waals surface area contributed by atoms with E-state index in [2.05, 4.69) is 5.32 Å². The third kappa shape index (κ3) is 5.93. The van der Waals surface area contributed by atoms with Crippen LogP contribution in [0.4, 0.5) is 0 Å². The van der Waals surface area contributed by atoms with Crippen molar-refractivity contribution in [3.63, 3.8) is 0 Å². The highest BCUT2D eigenvalue weighted by atomic mass is 16.5. The molecule has 1 aromatic carbocycles. The van der Waals surface area contributed by atoms with Crippen LogP contribution in [-0.4, -0.2) is 43.3 Å². The van der Waals surface area contributed by atoms with Crippen molar-refractivity contribution >= 4 is 11.9 Å². The molecule has 1 rings (SSSR count). The fourth-order valence-electron chi connectivity index (χ4n) is 1.95. The van der Waals surface area contributed by atoms with Crippen molar-refractivity contribution in [2.45, 2.75) is 24.8 Å². The lowest BCUT2D eigenvalue weighted by Crippen LogP contribution is -2.43. The Bertz CT molecular complexity index is 450. The minimum absolute atomic E-state index is 0.0240. The molecule has 2 atom stereocenters. The SMILES string of the molecule is COCCCC(N)C(=O)NCC(C(=O)O)c1ccccc1. The first-order chi connectivity index (χ1) is 10.1. The Labute approximate surface area is 124 Å². The fourth-order valence-corrected chi connectivity index (χ4v) is 1.95. The van der Waals surface area contributed by atoms with Crippen LogP contribution in [0.5, 0.6) is 0 Å². The van der Waals surface area contributed by atoms with E-state index >= 15 is 0 Å². The first-order valence-corrected chi connectivity index (χ1v) is 6.86. The molecule has 2 unspecified atom stereocenters. The van der Waals surface area contributed by atoms with Crippen molar-refractivity contribution in [2.24, 2.45) is 5.73 Å². The van der Waals surface area contributed by atoms with Gasteiger partial charge in [-0.1, -0.05) is 30.3 Å². The maximum absolute atomic E-state index is 11.8. The first-order valence-electron chi connectivity index (χ1n) is 6.86. The van der Waals surface area contributed by atoms with Crippen LogP contribution in [0.25, 0.3) is 0 Å². The van der Waals surface area contributed by atoms with Gasteiger partial charge in [-0.25, -0.2) is 0 Å². The molecule has 4 N–H and O–H groups in total. The molecule has 6 heteroatoms. The van der Waals surface area contributed by atoms with Gasteiger partial charge in [0.1, 0.15) is 0 Å². The molecule has 0 radical (unpaired) electrons. The van der Waals surface area contributed by atoms with E-state index < -0.39 is 17.9 Å². The largest absolute Gasteiger partial charge is 0.481 e. The quantitative estimate of drug-likeness (QED) is 0.583. The Balaban J connectivity index is 2.50. The third-order valence-electron chi connectivity index (χ3n) is 3.18. The summed E-state index contributed by atoms with van der Waals surface area (Å²) in [5.41, 5.74) is 6.40. The predicted molar refractivity (Wildman–Crippen MR) is 78.9 cm³/mol. The highest BCUT2D eigenvalue weighted by Gasteiger charge is 2.21. The number of methoxy groups -OCH3 is 1. The summed E-state index contributed by atoms with van der Waals surface area (Å²) in [4.78, 5) is 23.1. The van der Waals surface area contributed by atoms with Gasteiger partial charge in [0.05, 0.1) is 12.0 Å². The van der Waals surface area contributed by atoms with Gasteiger partial charge in [0, 0.05) is 20.3 Å². The number of nitrogens with one attached hydrogen (secondary N) is 1. The van der Waals surface area contributed by atoms with Gasteiger partial charge >= 0.3 is 5.97 Å². The Hall–Kier alpha value is -1.92. The lowest BCUT2D eigenvalue weighted by Gasteiger charge is -2.16. The zero-order chi connectivity index (χ0) is 15.7. The molecule has 0 aliphatic heterocycles. The molecule has 21 heavy (non-hydrogen) atoms. The number of carbonyl (C=O) groups excluding carboxylic acids is 1. The zero-order valence-electron chi connectivity index (χ0n) is 12.1. The minimum Gasteiger partial charge on any atom is -0.481 e. The second kappa shape index (κ2) is 9.10. The molecule has 0 fully saturated rings. The van der Waals surface area contributed by atoms with E-state index in [4.69, 9.17) is 10.5 Å². The number of carboxylic acid groups (broad SMARTS) is 1. The van der Waals surface area contributed by atoms with Crippen molar-refractivity contribution in [1.29, 1.82) is 0 Å². The smallest absolute Gasteiger partial charge is 0.312 e. The molecule has 0 aliphatic carbocycles. The molecule has 0 spiro atoms. The summed E-state index contributed by atoms with van der Waals surface area (Å²) in [7, 11) is 1.59. The maximum atomic E-state index is 11.8. The molecular weight excluding hydrogens is 272 g/mol. The lowest BCUT2D eigenvalue weighted by molar-refractivity contribution is -0.138. The molecule has 0 aliphatic rings. The molecule has 0 bridgehead atoms. The number of nitrogens with two attached hydrogens (primary N) is 1. The average Bonchev–Trinajstić information content (AvgIpc) is 2.48. The van der Waals surface area contributed by atoms with Gasteiger partial charge in [-0.3, -0.25) is 9.59 Å². The van der Waals surface area contributed by atoms with Crippen molar-refractivity contribution < 1.29 is 19.4 Å². The molecular formula is C15H22N2O4. The molecule has 1 amide bonds. The van der Waals surface area contributed by atoms with Gasteiger partial charge in [-0.2, -0.15) is 0 Å². The second-order valence-electron chi connectivity index (χ2n) is 4.79. The van der Waals surface area contributed by atoms with E-state index in [0.29, 0.717) is 25.0 Å². The highest BCUT2D eigenvalue weighted by molar-refractivity contribution is 5.83. The normalized spacial score (nSPS) is 13.4. The van der Waals surface area contributed by atoms with Crippen LogP contribution in [0, 0.1) is 0 Å². The van der Waals surface area contributed by atoms with E-state index in [0.717, 1.165) is 0 Å². The van der Waals surface area contributed by atoms with Crippen LogP contribution in [0.15, 0.2) is 30.3 Å². The van der Waals surface area contributed by atoms with E-state index in [1.807, 2.05) is 6.07 Å². The summed E-state index contributed by atoms with van der Waals surface area (Å²) in [6.07, 6.45) is 1.19. The van der Waals surface area contributed by atoms with Crippen LogP contribution >= 0.6 is 0 Å². The highest BCUT2D eigenvalue weighted by Crippen LogP contribution is 2.14. The van der Waals surface area contributed by atoms with Gasteiger partial charge in [-0.15, -0.1) is 0 Å². The third-order valence-corrected chi connectivity index (χ3v) is 3.18. The van der Waals surface area contributed by atoms with Gasteiger partial charge in [0.2, 0.25) is 5.91 Å². The number of benzene rings is 1. The minimum atomic E-state index is -0.977. The second-order valence-corrected chi connectivity index (χ2v) is 4.79. The Morgan fingerprint density at radius 3 is 2.57 bits per heavy atom. The molecule has 0 saturated carbocycles. The number of carbonyl (C=O) groups is 2. The van der Waals surface area contributed by atoms with Crippen LogP contribution in [-0.2, 0) is 14.3 Å². The lowest BCUT2D eigenvalue weighted by atomic mass is 9.99. The summed E-state index contributed by atoms with van der Waals surface area (Å²) >= 11 is 0. The number of aliphatic carboxylic acids is 1. The fraction of sp³-hybridized carbons (Fsp3) is 0.467. The predicted octanol–water partition coefficient (Wildman–Crippen LogP) is 0.725. The molecule has 6 nitrogen and oxygen atoms in total. The van der Waals surface area contributed by atoms with Crippen LogP contribution in [0.2, 0.25) is 0 Å². The van der Waals surface area contributed by atoms with Crippen LogP contribution < -0.4 is 11.1 Å². The van der Waals surface area contributed by atoms with Crippen LogP contribution in [0.3, 0.4) is 0 Å². The monoisotopic (exact) mass is 294 g/mol. The summed E-state index contributed by atoms with van der Waals surface area (Å²) < 4.78 is 4.89. The number of hydrogen-bond acceptors (Lipinski definition) is 4. The molecule has 1 aromatic rings. The first kappa shape index (κ1) is 17.1. The maximum Gasteiger partial charge on any atom is 0.312 e. The van der Waals surface area contributed by atoms with E-state index in [1.54, 1.807) is 31.4 Å². The number of carboxylic acids is 1. The van der Waals surface area contributed by atoms with Crippen molar-refractivity contribution in [3.8, 4) is 0 Å². The van der Waals surface area contributed by atoms with Crippen molar-refractivity contribution in [3.05, 3.63) is 35.9 Å².